The fourth-order valence-electron chi connectivity index (χ4n) is 1.43. The van der Waals surface area contributed by atoms with Gasteiger partial charge in [-0.05, 0) is 31.2 Å². The molecule has 0 unspecified atom stereocenters. The summed E-state index contributed by atoms with van der Waals surface area (Å²) in [5.41, 5.74) is 0.761. The van der Waals surface area contributed by atoms with Crippen molar-refractivity contribution in [3.05, 3.63) is 41.2 Å². The van der Waals surface area contributed by atoms with Gasteiger partial charge in [0.05, 0.1) is 23.5 Å². The summed E-state index contributed by atoms with van der Waals surface area (Å²) in [4.78, 5) is 11.5. The van der Waals surface area contributed by atoms with Crippen molar-refractivity contribution in [3.8, 4) is 11.4 Å². The first kappa shape index (κ1) is 12.4. The fourth-order valence-corrected chi connectivity index (χ4v) is 1.64. The van der Waals surface area contributed by atoms with Gasteiger partial charge >= 0.3 is 5.97 Å². The number of benzene rings is 1. The highest BCUT2D eigenvalue weighted by Crippen LogP contribution is 2.19. The van der Waals surface area contributed by atoms with Crippen molar-refractivity contribution < 1.29 is 14.6 Å². The van der Waals surface area contributed by atoms with Crippen molar-refractivity contribution >= 4 is 17.6 Å². The van der Waals surface area contributed by atoms with Gasteiger partial charge in [-0.15, -0.1) is 0 Å². The Labute approximate surface area is 109 Å². The number of carbonyl (C=O) groups excluding carboxylic acids is 1. The lowest BCUT2D eigenvalue weighted by Gasteiger charge is -2.01. The van der Waals surface area contributed by atoms with Gasteiger partial charge in [0.2, 0.25) is 0 Å². The number of ether oxygens (including phenoxy) is 1. The van der Waals surface area contributed by atoms with E-state index < -0.39 is 5.97 Å². The molecule has 0 spiro atoms. The van der Waals surface area contributed by atoms with Crippen LogP contribution in [0.4, 0.5) is 0 Å². The molecule has 0 aliphatic carbocycles. The van der Waals surface area contributed by atoms with Crippen LogP contribution in [0.2, 0.25) is 5.02 Å². The number of phenolic OH excluding ortho intramolecular Hbond substituents is 1. The number of rotatable bonds is 3. The standard InChI is InChI=1S/C12H11ClN2O3/c1-2-18-12(17)11-10(13)7-15(14-11)8-3-5-9(16)6-4-8/h3-7,16H,2H2,1H3. The maximum absolute atomic E-state index is 11.5. The minimum atomic E-state index is -0.556. The molecule has 0 radical (unpaired) electrons. The van der Waals surface area contributed by atoms with E-state index in [1.165, 1.54) is 23.0 Å². The molecule has 94 valence electrons. The number of carbonyl (C=O) groups is 1. The molecule has 0 saturated heterocycles. The molecular formula is C12H11ClN2O3. The number of hydrogen-bond acceptors (Lipinski definition) is 4. The van der Waals surface area contributed by atoms with Gasteiger partial charge in [0.1, 0.15) is 5.75 Å². The monoisotopic (exact) mass is 266 g/mol. The fraction of sp³-hybridized carbons (Fsp3) is 0.167. The zero-order valence-electron chi connectivity index (χ0n) is 9.63. The van der Waals surface area contributed by atoms with Crippen LogP contribution < -0.4 is 0 Å². The van der Waals surface area contributed by atoms with Crippen LogP contribution in [0.15, 0.2) is 30.5 Å². The molecule has 0 amide bonds. The van der Waals surface area contributed by atoms with E-state index in [1.54, 1.807) is 19.1 Å². The highest BCUT2D eigenvalue weighted by molar-refractivity contribution is 6.33. The second-order valence-corrected chi connectivity index (χ2v) is 3.91. The topological polar surface area (TPSA) is 64.3 Å². The van der Waals surface area contributed by atoms with Crippen LogP contribution in [-0.4, -0.2) is 27.5 Å². The van der Waals surface area contributed by atoms with E-state index in [4.69, 9.17) is 16.3 Å². The van der Waals surface area contributed by atoms with Crippen LogP contribution in [0, 0.1) is 0 Å². The van der Waals surface area contributed by atoms with Gasteiger partial charge < -0.3 is 9.84 Å². The average Bonchev–Trinajstić information content (AvgIpc) is 2.72. The van der Waals surface area contributed by atoms with E-state index in [0.717, 1.165) is 0 Å². The third kappa shape index (κ3) is 2.46. The summed E-state index contributed by atoms with van der Waals surface area (Å²) in [5, 5.41) is 13.5. The molecule has 2 aromatic rings. The summed E-state index contributed by atoms with van der Waals surface area (Å²) in [6.45, 7) is 1.98. The number of nitrogens with zero attached hydrogens (tertiary/aromatic N) is 2. The Kier molecular flexibility index (Phi) is 3.53. The molecule has 0 aliphatic rings. The van der Waals surface area contributed by atoms with Crippen LogP contribution in [-0.2, 0) is 4.74 Å². The van der Waals surface area contributed by atoms with Gasteiger partial charge in [-0.3, -0.25) is 0 Å². The number of halogens is 1. The van der Waals surface area contributed by atoms with Crippen molar-refractivity contribution in [1.29, 1.82) is 0 Å². The van der Waals surface area contributed by atoms with E-state index in [-0.39, 0.29) is 23.1 Å². The Bertz CT molecular complexity index is 563. The zero-order valence-corrected chi connectivity index (χ0v) is 10.4. The van der Waals surface area contributed by atoms with Gasteiger partial charge in [-0.2, -0.15) is 5.10 Å². The van der Waals surface area contributed by atoms with E-state index >= 15 is 0 Å². The van der Waals surface area contributed by atoms with Crippen LogP contribution in [0.25, 0.3) is 5.69 Å². The van der Waals surface area contributed by atoms with Crippen molar-refractivity contribution in [3.63, 3.8) is 0 Å². The second kappa shape index (κ2) is 5.10. The zero-order chi connectivity index (χ0) is 13.1. The number of aromatic nitrogens is 2. The molecule has 2 rings (SSSR count). The van der Waals surface area contributed by atoms with E-state index in [2.05, 4.69) is 5.10 Å². The Balaban J connectivity index is 2.34. The van der Waals surface area contributed by atoms with Gasteiger partial charge in [-0.25, -0.2) is 9.48 Å². The van der Waals surface area contributed by atoms with Crippen molar-refractivity contribution in [2.24, 2.45) is 0 Å². The van der Waals surface area contributed by atoms with E-state index in [9.17, 15) is 9.90 Å². The molecule has 1 N–H and O–H groups in total. The molecule has 0 saturated carbocycles. The molecule has 0 atom stereocenters. The van der Waals surface area contributed by atoms with Crippen molar-refractivity contribution in [2.75, 3.05) is 6.61 Å². The molecule has 18 heavy (non-hydrogen) atoms. The largest absolute Gasteiger partial charge is 0.508 e. The lowest BCUT2D eigenvalue weighted by atomic mass is 10.3. The summed E-state index contributed by atoms with van der Waals surface area (Å²) in [5.74, 6) is -0.400. The summed E-state index contributed by atoms with van der Waals surface area (Å²) in [6.07, 6.45) is 1.51. The normalized spacial score (nSPS) is 10.3. The number of phenols is 1. The van der Waals surface area contributed by atoms with Crippen molar-refractivity contribution in [1.82, 2.24) is 9.78 Å². The SMILES string of the molecule is CCOC(=O)c1nn(-c2ccc(O)cc2)cc1Cl. The summed E-state index contributed by atoms with van der Waals surface area (Å²) in [6, 6.07) is 6.37. The highest BCUT2D eigenvalue weighted by atomic mass is 35.5. The predicted molar refractivity (Wildman–Crippen MR) is 66.2 cm³/mol. The van der Waals surface area contributed by atoms with Crippen molar-refractivity contribution in [2.45, 2.75) is 6.92 Å². The quantitative estimate of drug-likeness (QED) is 0.867. The third-order valence-corrected chi connectivity index (χ3v) is 2.53. The third-order valence-electron chi connectivity index (χ3n) is 2.25. The smallest absolute Gasteiger partial charge is 0.360 e. The number of esters is 1. The van der Waals surface area contributed by atoms with Crippen LogP contribution in [0.5, 0.6) is 5.75 Å². The van der Waals surface area contributed by atoms with Gasteiger partial charge in [-0.1, -0.05) is 11.6 Å². The molecule has 5 nitrogen and oxygen atoms in total. The molecule has 1 heterocycles. The lowest BCUT2D eigenvalue weighted by molar-refractivity contribution is 0.0519. The maximum Gasteiger partial charge on any atom is 0.360 e. The second-order valence-electron chi connectivity index (χ2n) is 3.51. The maximum atomic E-state index is 11.5. The van der Waals surface area contributed by atoms with E-state index in [0.29, 0.717) is 5.69 Å². The Morgan fingerprint density at radius 2 is 2.11 bits per heavy atom. The molecule has 0 aliphatic heterocycles. The number of aromatic hydroxyl groups is 1. The summed E-state index contributed by atoms with van der Waals surface area (Å²) < 4.78 is 6.29. The Morgan fingerprint density at radius 1 is 1.44 bits per heavy atom. The summed E-state index contributed by atoms with van der Waals surface area (Å²) in [7, 11) is 0. The van der Waals surface area contributed by atoms with Crippen LogP contribution in [0.3, 0.4) is 0 Å². The lowest BCUT2D eigenvalue weighted by Crippen LogP contribution is -2.07. The van der Waals surface area contributed by atoms with Crippen LogP contribution >= 0.6 is 11.6 Å². The Morgan fingerprint density at radius 3 is 2.72 bits per heavy atom. The van der Waals surface area contributed by atoms with Gasteiger partial charge in [0.25, 0.3) is 0 Å². The first-order valence-electron chi connectivity index (χ1n) is 5.33. The van der Waals surface area contributed by atoms with E-state index in [1.807, 2.05) is 0 Å². The van der Waals surface area contributed by atoms with Gasteiger partial charge in [0, 0.05) is 0 Å². The first-order chi connectivity index (χ1) is 8.61. The van der Waals surface area contributed by atoms with Gasteiger partial charge in [0.15, 0.2) is 5.69 Å². The highest BCUT2D eigenvalue weighted by Gasteiger charge is 2.17. The molecule has 0 fully saturated rings. The predicted octanol–water partition coefficient (Wildman–Crippen LogP) is 2.41. The first-order valence-corrected chi connectivity index (χ1v) is 5.71. The average molecular weight is 267 g/mol. The molecule has 0 bridgehead atoms. The Hall–Kier alpha value is -2.01. The molecule has 1 aromatic heterocycles. The van der Waals surface area contributed by atoms with Crippen LogP contribution in [0.1, 0.15) is 17.4 Å². The minimum absolute atomic E-state index is 0.0755. The molecular weight excluding hydrogens is 256 g/mol. The number of hydrogen-bond donors (Lipinski definition) is 1. The molecule has 1 aromatic carbocycles. The molecule has 6 heteroatoms. The minimum Gasteiger partial charge on any atom is -0.508 e. The summed E-state index contributed by atoms with van der Waals surface area (Å²) >= 11 is 5.92.